The van der Waals surface area contributed by atoms with Crippen LogP contribution in [0.25, 0.3) is 32.3 Å². The summed E-state index contributed by atoms with van der Waals surface area (Å²) in [6.45, 7) is 4.57. The van der Waals surface area contributed by atoms with Gasteiger partial charge in [-0.1, -0.05) is 50.2 Å². The van der Waals surface area contributed by atoms with Crippen molar-refractivity contribution in [1.82, 2.24) is 4.98 Å². The molecule has 4 aromatic rings. The van der Waals surface area contributed by atoms with Gasteiger partial charge >= 0.3 is 0 Å². The van der Waals surface area contributed by atoms with E-state index in [1.807, 2.05) is 12.4 Å². The number of nitrogens with zero attached hydrogens (tertiary/aromatic N) is 1. The Kier molecular flexibility index (Phi) is 3.07. The molecule has 0 radical (unpaired) electrons. The van der Waals surface area contributed by atoms with Crippen molar-refractivity contribution >= 4 is 32.3 Å². The van der Waals surface area contributed by atoms with Crippen molar-refractivity contribution in [1.29, 1.82) is 0 Å². The summed E-state index contributed by atoms with van der Waals surface area (Å²) in [6.07, 6.45) is 4.95. The van der Waals surface area contributed by atoms with Gasteiger partial charge in [-0.15, -0.1) is 0 Å². The number of fused-ring (bicyclic) bond motifs is 5. The van der Waals surface area contributed by atoms with Crippen molar-refractivity contribution in [2.75, 3.05) is 0 Å². The first-order valence-corrected chi connectivity index (χ1v) is 7.91. The van der Waals surface area contributed by atoms with Crippen LogP contribution >= 0.6 is 0 Å². The lowest BCUT2D eigenvalue weighted by molar-refractivity contribution is 0.650. The molecule has 1 nitrogen and oxygen atoms in total. The van der Waals surface area contributed by atoms with E-state index in [0.717, 1.165) is 6.42 Å². The molecule has 22 heavy (non-hydrogen) atoms. The lowest BCUT2D eigenvalue weighted by Crippen LogP contribution is -1.96. The second-order valence-electron chi connectivity index (χ2n) is 6.44. The van der Waals surface area contributed by atoms with E-state index in [1.54, 1.807) is 0 Å². The van der Waals surface area contributed by atoms with Crippen molar-refractivity contribution in [2.24, 2.45) is 5.92 Å². The standard InChI is InChI=1S/C21H19N/c1-14(2)11-16-12-21-18-9-10-22-13-15(18)7-8-20(21)19-6-4-3-5-17(16)19/h3-10,12-14H,11H2,1-2H3. The molecule has 1 heterocycles. The van der Waals surface area contributed by atoms with Crippen LogP contribution in [-0.2, 0) is 6.42 Å². The lowest BCUT2D eigenvalue weighted by Gasteiger charge is -2.13. The predicted octanol–water partition coefficient (Wildman–Crippen LogP) is 5.74. The molecule has 1 aromatic heterocycles. The molecule has 0 saturated heterocycles. The fourth-order valence-electron chi connectivity index (χ4n) is 3.44. The number of pyridine rings is 1. The summed E-state index contributed by atoms with van der Waals surface area (Å²) >= 11 is 0. The van der Waals surface area contributed by atoms with E-state index in [1.165, 1.54) is 37.9 Å². The van der Waals surface area contributed by atoms with Gasteiger partial charge in [0.05, 0.1) is 0 Å². The quantitative estimate of drug-likeness (QED) is 0.428. The molecule has 1 heteroatoms. The monoisotopic (exact) mass is 285 g/mol. The molecule has 0 N–H and O–H groups in total. The maximum atomic E-state index is 4.25. The zero-order valence-corrected chi connectivity index (χ0v) is 13.0. The molecule has 0 unspecified atom stereocenters. The summed E-state index contributed by atoms with van der Waals surface area (Å²) < 4.78 is 0. The SMILES string of the molecule is CC(C)Cc1cc2c3ccncc3ccc2c2ccccc12. The van der Waals surface area contributed by atoms with Crippen LogP contribution in [-0.4, -0.2) is 4.98 Å². The minimum absolute atomic E-state index is 0.650. The van der Waals surface area contributed by atoms with Crippen LogP contribution in [0.2, 0.25) is 0 Å². The van der Waals surface area contributed by atoms with E-state index >= 15 is 0 Å². The van der Waals surface area contributed by atoms with Crippen molar-refractivity contribution in [3.63, 3.8) is 0 Å². The average molecular weight is 285 g/mol. The molecule has 0 aliphatic carbocycles. The molecular formula is C21H19N. The van der Waals surface area contributed by atoms with Crippen molar-refractivity contribution < 1.29 is 0 Å². The van der Waals surface area contributed by atoms with Crippen LogP contribution in [0.15, 0.2) is 60.9 Å². The largest absolute Gasteiger partial charge is 0.264 e. The van der Waals surface area contributed by atoms with Crippen molar-refractivity contribution in [3.05, 3.63) is 66.5 Å². The second-order valence-corrected chi connectivity index (χ2v) is 6.44. The van der Waals surface area contributed by atoms with Gasteiger partial charge in [-0.25, -0.2) is 0 Å². The fourth-order valence-corrected chi connectivity index (χ4v) is 3.44. The van der Waals surface area contributed by atoms with E-state index in [2.05, 4.69) is 67.4 Å². The Labute approximate surface area is 130 Å². The first-order valence-electron chi connectivity index (χ1n) is 7.91. The molecule has 3 aromatic carbocycles. The van der Waals surface area contributed by atoms with E-state index in [0.29, 0.717) is 5.92 Å². The summed E-state index contributed by atoms with van der Waals surface area (Å²) in [6, 6.07) is 17.7. The van der Waals surface area contributed by atoms with Gasteiger partial charge in [0.1, 0.15) is 0 Å². The smallest absolute Gasteiger partial charge is 0.0346 e. The van der Waals surface area contributed by atoms with Gasteiger partial charge in [0.25, 0.3) is 0 Å². The van der Waals surface area contributed by atoms with Crippen LogP contribution in [0.3, 0.4) is 0 Å². The molecule has 0 aliphatic rings. The summed E-state index contributed by atoms with van der Waals surface area (Å²) in [7, 11) is 0. The molecule has 0 bridgehead atoms. The van der Waals surface area contributed by atoms with Crippen molar-refractivity contribution in [3.8, 4) is 0 Å². The Morgan fingerprint density at radius 3 is 2.41 bits per heavy atom. The van der Waals surface area contributed by atoms with Gasteiger partial charge in [-0.2, -0.15) is 0 Å². The zero-order valence-electron chi connectivity index (χ0n) is 13.0. The summed E-state index contributed by atoms with van der Waals surface area (Å²) in [5.74, 6) is 0.650. The van der Waals surface area contributed by atoms with Gasteiger partial charge in [-0.3, -0.25) is 4.98 Å². The van der Waals surface area contributed by atoms with Gasteiger partial charge in [0.2, 0.25) is 0 Å². The van der Waals surface area contributed by atoms with Crippen molar-refractivity contribution in [2.45, 2.75) is 20.3 Å². The minimum atomic E-state index is 0.650. The van der Waals surface area contributed by atoms with Gasteiger partial charge < -0.3 is 0 Å². The summed E-state index contributed by atoms with van der Waals surface area (Å²) in [5.41, 5.74) is 1.45. The Balaban J connectivity index is 2.19. The number of benzene rings is 3. The number of rotatable bonds is 2. The molecule has 0 spiro atoms. The number of hydrogen-bond donors (Lipinski definition) is 0. The van der Waals surface area contributed by atoms with Crippen LogP contribution in [0.1, 0.15) is 19.4 Å². The third kappa shape index (κ3) is 2.05. The highest BCUT2D eigenvalue weighted by Crippen LogP contribution is 2.34. The highest BCUT2D eigenvalue weighted by molar-refractivity contribution is 6.17. The van der Waals surface area contributed by atoms with E-state index in [-0.39, 0.29) is 0 Å². The number of hydrogen-bond acceptors (Lipinski definition) is 1. The third-order valence-electron chi connectivity index (χ3n) is 4.37. The molecule has 0 saturated carbocycles. The molecule has 0 fully saturated rings. The van der Waals surface area contributed by atoms with Crippen LogP contribution in [0.4, 0.5) is 0 Å². The van der Waals surface area contributed by atoms with Crippen LogP contribution in [0.5, 0.6) is 0 Å². The van der Waals surface area contributed by atoms with Crippen LogP contribution < -0.4 is 0 Å². The maximum absolute atomic E-state index is 4.25. The Hall–Kier alpha value is -2.41. The van der Waals surface area contributed by atoms with E-state index in [4.69, 9.17) is 0 Å². The third-order valence-corrected chi connectivity index (χ3v) is 4.37. The fraction of sp³-hybridized carbons (Fsp3) is 0.190. The lowest BCUT2D eigenvalue weighted by atomic mass is 9.91. The molecular weight excluding hydrogens is 266 g/mol. The Morgan fingerprint density at radius 1 is 0.818 bits per heavy atom. The summed E-state index contributed by atoms with van der Waals surface area (Å²) in [5, 5.41) is 7.92. The van der Waals surface area contributed by atoms with Gasteiger partial charge in [0, 0.05) is 17.8 Å². The Morgan fingerprint density at radius 2 is 1.59 bits per heavy atom. The Bertz CT molecular complexity index is 983. The van der Waals surface area contributed by atoms with Crippen LogP contribution in [0, 0.1) is 5.92 Å². The van der Waals surface area contributed by atoms with E-state index < -0.39 is 0 Å². The zero-order chi connectivity index (χ0) is 15.1. The van der Waals surface area contributed by atoms with E-state index in [9.17, 15) is 0 Å². The summed E-state index contributed by atoms with van der Waals surface area (Å²) in [4.78, 5) is 4.25. The first kappa shape index (κ1) is 13.3. The normalized spacial score (nSPS) is 11.8. The van der Waals surface area contributed by atoms with Gasteiger partial charge in [0.15, 0.2) is 0 Å². The second kappa shape index (κ2) is 5.10. The topological polar surface area (TPSA) is 12.9 Å². The highest BCUT2D eigenvalue weighted by Gasteiger charge is 2.10. The average Bonchev–Trinajstić information content (AvgIpc) is 2.54. The number of aromatic nitrogens is 1. The molecule has 0 atom stereocenters. The molecule has 4 rings (SSSR count). The first-order chi connectivity index (χ1) is 10.7. The molecule has 0 aliphatic heterocycles. The van der Waals surface area contributed by atoms with Gasteiger partial charge in [-0.05, 0) is 57.0 Å². The molecule has 108 valence electrons. The minimum Gasteiger partial charge on any atom is -0.264 e. The molecule has 0 amide bonds. The predicted molar refractivity (Wildman–Crippen MR) is 95.3 cm³/mol. The maximum Gasteiger partial charge on any atom is 0.0346 e. The highest BCUT2D eigenvalue weighted by atomic mass is 14.6.